The minimum absolute atomic E-state index is 0.194. The third-order valence-corrected chi connectivity index (χ3v) is 5.01. The zero-order valence-electron chi connectivity index (χ0n) is 11.9. The van der Waals surface area contributed by atoms with Gasteiger partial charge >= 0.3 is 0 Å². The van der Waals surface area contributed by atoms with E-state index in [-0.39, 0.29) is 10.9 Å². The van der Waals surface area contributed by atoms with Gasteiger partial charge in [-0.2, -0.15) is 0 Å². The monoisotopic (exact) mass is 358 g/mol. The largest absolute Gasteiger partial charge is 0.253 e. The molecule has 2 aromatic rings. The van der Waals surface area contributed by atoms with Gasteiger partial charge in [0.05, 0.1) is 4.90 Å². The maximum absolute atomic E-state index is 12.2. The first kappa shape index (κ1) is 17.2. The van der Waals surface area contributed by atoms with E-state index in [1.165, 1.54) is 12.1 Å². The Morgan fingerprint density at radius 1 is 1.09 bits per heavy atom. The number of sulfonamides is 1. The summed E-state index contributed by atoms with van der Waals surface area (Å²) >= 11 is 12.0. The summed E-state index contributed by atoms with van der Waals surface area (Å²) in [7, 11) is -3.62. The van der Waals surface area contributed by atoms with Gasteiger partial charge in [0.2, 0.25) is 0 Å². The second kappa shape index (κ2) is 7.44. The quantitative estimate of drug-likeness (QED) is 0.769. The molecule has 2 rings (SSSR count). The molecule has 0 saturated carbocycles. The van der Waals surface area contributed by atoms with Crippen LogP contribution in [0.2, 0.25) is 10.0 Å². The zero-order valence-corrected chi connectivity index (χ0v) is 14.2. The van der Waals surface area contributed by atoms with Crippen LogP contribution in [-0.4, -0.2) is 8.42 Å². The molecule has 1 atom stereocenters. The fourth-order valence-corrected chi connectivity index (χ4v) is 3.46. The SMILES string of the molecule is CCC(NNS(=O)(=O)c1ccccc1)c1ccc(Cl)cc1Cl. The number of halogens is 2. The van der Waals surface area contributed by atoms with Gasteiger partial charge < -0.3 is 0 Å². The minimum atomic E-state index is -3.62. The lowest BCUT2D eigenvalue weighted by Crippen LogP contribution is -2.39. The van der Waals surface area contributed by atoms with Crippen LogP contribution in [0, 0.1) is 0 Å². The van der Waals surface area contributed by atoms with Crippen LogP contribution < -0.4 is 10.3 Å². The fourth-order valence-electron chi connectivity index (χ4n) is 1.99. The first-order chi connectivity index (χ1) is 10.4. The van der Waals surface area contributed by atoms with Gasteiger partial charge in [-0.25, -0.2) is 13.8 Å². The van der Waals surface area contributed by atoms with Crippen molar-refractivity contribution >= 4 is 33.2 Å². The van der Waals surface area contributed by atoms with Gasteiger partial charge in [0.1, 0.15) is 0 Å². The van der Waals surface area contributed by atoms with Crippen LogP contribution in [-0.2, 0) is 10.0 Å². The third-order valence-electron chi connectivity index (χ3n) is 3.17. The van der Waals surface area contributed by atoms with Crippen molar-refractivity contribution in [2.24, 2.45) is 0 Å². The Bertz CT molecular complexity index is 736. The van der Waals surface area contributed by atoms with Crippen molar-refractivity contribution in [1.29, 1.82) is 0 Å². The summed E-state index contributed by atoms with van der Waals surface area (Å²) in [6.07, 6.45) is 0.651. The molecule has 0 spiro atoms. The molecule has 0 aliphatic carbocycles. The van der Waals surface area contributed by atoms with Crippen molar-refractivity contribution in [3.05, 3.63) is 64.1 Å². The van der Waals surface area contributed by atoms with Crippen LogP contribution in [0.15, 0.2) is 53.4 Å². The van der Waals surface area contributed by atoms with Gasteiger partial charge in [-0.3, -0.25) is 0 Å². The number of benzene rings is 2. The van der Waals surface area contributed by atoms with Crippen LogP contribution in [0.1, 0.15) is 24.9 Å². The van der Waals surface area contributed by atoms with Gasteiger partial charge in [0, 0.05) is 16.1 Å². The molecule has 4 nitrogen and oxygen atoms in total. The molecule has 0 heterocycles. The number of hydrazine groups is 1. The molecular weight excluding hydrogens is 343 g/mol. The number of rotatable bonds is 6. The second-order valence-corrected chi connectivity index (χ2v) is 7.22. The van der Waals surface area contributed by atoms with Gasteiger partial charge in [0.25, 0.3) is 10.0 Å². The average Bonchev–Trinajstić information content (AvgIpc) is 2.50. The molecule has 2 aromatic carbocycles. The third kappa shape index (κ3) is 4.21. The summed E-state index contributed by atoms with van der Waals surface area (Å²) in [6.45, 7) is 1.93. The van der Waals surface area contributed by atoms with Crippen molar-refractivity contribution in [3.8, 4) is 0 Å². The predicted molar refractivity (Wildman–Crippen MR) is 89.4 cm³/mol. The fraction of sp³-hybridized carbons (Fsp3) is 0.200. The highest BCUT2D eigenvalue weighted by molar-refractivity contribution is 7.89. The first-order valence-electron chi connectivity index (χ1n) is 6.71. The van der Waals surface area contributed by atoms with Crippen LogP contribution in [0.4, 0.5) is 0 Å². The smallest absolute Gasteiger partial charge is 0.236 e. The number of nitrogens with one attached hydrogen (secondary N) is 2. The minimum Gasteiger partial charge on any atom is -0.236 e. The zero-order chi connectivity index (χ0) is 16.2. The highest BCUT2D eigenvalue weighted by atomic mass is 35.5. The molecule has 1 unspecified atom stereocenters. The van der Waals surface area contributed by atoms with E-state index in [2.05, 4.69) is 10.3 Å². The lowest BCUT2D eigenvalue weighted by molar-refractivity contribution is 0.481. The molecule has 0 aliphatic rings. The van der Waals surface area contributed by atoms with Crippen LogP contribution in [0.5, 0.6) is 0 Å². The lowest BCUT2D eigenvalue weighted by Gasteiger charge is -2.19. The molecule has 0 aliphatic heterocycles. The molecule has 2 N–H and O–H groups in total. The molecule has 0 amide bonds. The Kier molecular flexibility index (Phi) is 5.83. The summed E-state index contributed by atoms with van der Waals surface area (Å²) in [6, 6.07) is 13.0. The molecule has 118 valence electrons. The van der Waals surface area contributed by atoms with Gasteiger partial charge in [-0.15, -0.1) is 4.83 Å². The lowest BCUT2D eigenvalue weighted by atomic mass is 10.1. The van der Waals surface area contributed by atoms with Crippen molar-refractivity contribution in [2.75, 3.05) is 0 Å². The maximum Gasteiger partial charge on any atom is 0.253 e. The van der Waals surface area contributed by atoms with Crippen molar-refractivity contribution in [3.63, 3.8) is 0 Å². The second-order valence-electron chi connectivity index (χ2n) is 4.69. The molecular formula is C15H16Cl2N2O2S. The topological polar surface area (TPSA) is 58.2 Å². The standard InChI is InChI=1S/C15H16Cl2N2O2S/c1-2-15(13-9-8-11(16)10-14(13)17)18-19-22(20,21)12-6-4-3-5-7-12/h3-10,15,18-19H,2H2,1H3. The highest BCUT2D eigenvalue weighted by Crippen LogP contribution is 2.27. The average molecular weight is 359 g/mol. The van der Waals surface area contributed by atoms with E-state index in [0.717, 1.165) is 5.56 Å². The Morgan fingerprint density at radius 3 is 2.36 bits per heavy atom. The van der Waals surface area contributed by atoms with E-state index in [1.807, 2.05) is 6.92 Å². The Morgan fingerprint density at radius 2 is 1.77 bits per heavy atom. The van der Waals surface area contributed by atoms with E-state index >= 15 is 0 Å². The Balaban J connectivity index is 2.15. The molecule has 0 aromatic heterocycles. The predicted octanol–water partition coefficient (Wildman–Crippen LogP) is 3.93. The van der Waals surface area contributed by atoms with Crippen molar-refractivity contribution < 1.29 is 8.42 Å². The van der Waals surface area contributed by atoms with E-state index in [4.69, 9.17) is 23.2 Å². The summed E-state index contributed by atoms with van der Waals surface area (Å²) in [5, 5.41) is 1.03. The van der Waals surface area contributed by atoms with Gasteiger partial charge in [0.15, 0.2) is 0 Å². The normalized spacial score (nSPS) is 13.0. The Hall–Kier alpha value is -1.11. The first-order valence-corrected chi connectivity index (χ1v) is 8.95. The Labute approximate surface area is 140 Å². The molecule has 7 heteroatoms. The van der Waals surface area contributed by atoms with Crippen LogP contribution in [0.3, 0.4) is 0 Å². The van der Waals surface area contributed by atoms with Crippen molar-refractivity contribution in [2.45, 2.75) is 24.3 Å². The molecule has 0 fully saturated rings. The van der Waals surface area contributed by atoms with E-state index < -0.39 is 10.0 Å². The summed E-state index contributed by atoms with van der Waals surface area (Å²) in [4.78, 5) is 2.59. The summed E-state index contributed by atoms with van der Waals surface area (Å²) < 4.78 is 24.4. The van der Waals surface area contributed by atoms with E-state index in [9.17, 15) is 8.42 Å². The van der Waals surface area contributed by atoms with Crippen LogP contribution >= 0.6 is 23.2 Å². The summed E-state index contributed by atoms with van der Waals surface area (Å²) in [5.74, 6) is 0. The summed E-state index contributed by atoms with van der Waals surface area (Å²) in [5.41, 5.74) is 3.60. The highest BCUT2D eigenvalue weighted by Gasteiger charge is 2.18. The molecule has 22 heavy (non-hydrogen) atoms. The molecule has 0 bridgehead atoms. The van der Waals surface area contributed by atoms with E-state index in [0.29, 0.717) is 16.5 Å². The van der Waals surface area contributed by atoms with Gasteiger partial charge in [-0.1, -0.05) is 54.4 Å². The van der Waals surface area contributed by atoms with E-state index in [1.54, 1.807) is 36.4 Å². The van der Waals surface area contributed by atoms with Gasteiger partial charge in [-0.05, 0) is 36.2 Å². The number of hydrogen-bond donors (Lipinski definition) is 2. The molecule has 0 saturated heterocycles. The van der Waals surface area contributed by atoms with Crippen molar-refractivity contribution in [1.82, 2.24) is 10.3 Å². The van der Waals surface area contributed by atoms with Crippen LogP contribution in [0.25, 0.3) is 0 Å². The maximum atomic E-state index is 12.2. The molecule has 0 radical (unpaired) electrons. The number of hydrogen-bond acceptors (Lipinski definition) is 3.